The van der Waals surface area contributed by atoms with Gasteiger partial charge in [0.15, 0.2) is 0 Å². The van der Waals surface area contributed by atoms with E-state index in [1.54, 1.807) is 24.7 Å². The summed E-state index contributed by atoms with van der Waals surface area (Å²) in [7, 11) is 0. The van der Waals surface area contributed by atoms with E-state index >= 15 is 0 Å². The first kappa shape index (κ1) is 16.9. The molecule has 2 heterocycles. The van der Waals surface area contributed by atoms with Crippen LogP contribution in [0.15, 0.2) is 85.5 Å². The Kier molecular flexibility index (Phi) is 5.60. The molecule has 0 fully saturated rings. The number of halogens is 1. The van der Waals surface area contributed by atoms with Crippen molar-refractivity contribution in [1.29, 1.82) is 0 Å². The molecule has 0 radical (unpaired) electrons. The standard InChI is InChI=1S/C21H18ClN3/c1-16(5-6-17-9-11-23-12-10-17)24-14-18-3-2-4-19(13-18)20-7-8-21(22)25-15-20/h2-13,15,24H,1,14H2/b6-5+. The zero-order valence-electron chi connectivity index (χ0n) is 13.7. The van der Waals surface area contributed by atoms with Gasteiger partial charge in [0.25, 0.3) is 0 Å². The van der Waals surface area contributed by atoms with Gasteiger partial charge in [0, 0.05) is 36.4 Å². The van der Waals surface area contributed by atoms with E-state index in [2.05, 4.69) is 40.1 Å². The fourth-order valence-electron chi connectivity index (χ4n) is 2.35. The summed E-state index contributed by atoms with van der Waals surface area (Å²) in [5.74, 6) is 0. The van der Waals surface area contributed by atoms with Crippen LogP contribution >= 0.6 is 11.6 Å². The minimum atomic E-state index is 0.499. The van der Waals surface area contributed by atoms with Crippen LogP contribution in [0.2, 0.25) is 5.15 Å². The van der Waals surface area contributed by atoms with Gasteiger partial charge in [0.2, 0.25) is 0 Å². The Morgan fingerprint density at radius 1 is 1.08 bits per heavy atom. The molecule has 0 aliphatic rings. The van der Waals surface area contributed by atoms with Gasteiger partial charge in [-0.3, -0.25) is 4.98 Å². The van der Waals surface area contributed by atoms with Crippen LogP contribution in [-0.4, -0.2) is 9.97 Å². The van der Waals surface area contributed by atoms with Crippen molar-refractivity contribution in [2.24, 2.45) is 0 Å². The van der Waals surface area contributed by atoms with Crippen LogP contribution in [0, 0.1) is 0 Å². The monoisotopic (exact) mass is 347 g/mol. The maximum Gasteiger partial charge on any atom is 0.129 e. The fraction of sp³-hybridized carbons (Fsp3) is 0.0476. The lowest BCUT2D eigenvalue weighted by Gasteiger charge is -2.08. The van der Waals surface area contributed by atoms with E-state index in [0.29, 0.717) is 11.7 Å². The van der Waals surface area contributed by atoms with E-state index in [1.165, 1.54) is 5.56 Å². The third-order valence-electron chi connectivity index (χ3n) is 3.69. The van der Waals surface area contributed by atoms with E-state index in [4.69, 9.17) is 11.6 Å². The maximum atomic E-state index is 5.85. The molecule has 3 nitrogen and oxygen atoms in total. The van der Waals surface area contributed by atoms with Crippen molar-refractivity contribution < 1.29 is 0 Å². The first-order valence-corrected chi connectivity index (χ1v) is 8.30. The molecule has 0 spiro atoms. The van der Waals surface area contributed by atoms with Gasteiger partial charge in [-0.2, -0.15) is 0 Å². The molecule has 0 amide bonds. The molecule has 25 heavy (non-hydrogen) atoms. The molecular formula is C21H18ClN3. The van der Waals surface area contributed by atoms with Crippen molar-refractivity contribution in [1.82, 2.24) is 15.3 Å². The van der Waals surface area contributed by atoms with Crippen LogP contribution in [0.3, 0.4) is 0 Å². The van der Waals surface area contributed by atoms with Crippen LogP contribution in [0.25, 0.3) is 17.2 Å². The molecule has 3 rings (SSSR count). The molecule has 3 aromatic rings. The second-order valence-corrected chi connectivity index (χ2v) is 5.95. The Labute approximate surface area is 152 Å². The number of hydrogen-bond acceptors (Lipinski definition) is 3. The average Bonchev–Trinajstić information content (AvgIpc) is 2.66. The zero-order chi connectivity index (χ0) is 17.5. The molecule has 0 aliphatic heterocycles. The molecule has 0 saturated heterocycles. The molecule has 0 unspecified atom stereocenters. The summed E-state index contributed by atoms with van der Waals surface area (Å²) in [4.78, 5) is 8.14. The Balaban J connectivity index is 1.61. The Morgan fingerprint density at radius 3 is 2.68 bits per heavy atom. The molecule has 0 aliphatic carbocycles. The summed E-state index contributed by atoms with van der Waals surface area (Å²) in [6.07, 6.45) is 9.29. The number of rotatable bonds is 6. The van der Waals surface area contributed by atoms with Gasteiger partial charge < -0.3 is 5.32 Å². The number of benzene rings is 1. The maximum absolute atomic E-state index is 5.85. The first-order chi connectivity index (χ1) is 12.2. The number of nitrogens with one attached hydrogen (secondary N) is 1. The molecule has 0 bridgehead atoms. The van der Waals surface area contributed by atoms with Gasteiger partial charge in [-0.25, -0.2) is 4.98 Å². The van der Waals surface area contributed by atoms with Gasteiger partial charge in [0.05, 0.1) is 0 Å². The van der Waals surface area contributed by atoms with E-state index in [9.17, 15) is 0 Å². The van der Waals surface area contributed by atoms with Crippen molar-refractivity contribution in [2.45, 2.75) is 6.54 Å². The van der Waals surface area contributed by atoms with E-state index in [-0.39, 0.29) is 0 Å². The van der Waals surface area contributed by atoms with E-state index in [1.807, 2.05) is 36.4 Å². The Morgan fingerprint density at radius 2 is 1.92 bits per heavy atom. The predicted molar refractivity (Wildman–Crippen MR) is 104 cm³/mol. The second-order valence-electron chi connectivity index (χ2n) is 5.56. The number of pyridine rings is 2. The third kappa shape index (κ3) is 5.03. The summed E-state index contributed by atoms with van der Waals surface area (Å²) in [6, 6.07) is 16.0. The van der Waals surface area contributed by atoms with Gasteiger partial charge in [-0.15, -0.1) is 0 Å². The second kappa shape index (κ2) is 8.27. The highest BCUT2D eigenvalue weighted by Crippen LogP contribution is 2.21. The topological polar surface area (TPSA) is 37.8 Å². The molecule has 124 valence electrons. The number of allylic oxidation sites excluding steroid dienone is 1. The summed E-state index contributed by atoms with van der Waals surface area (Å²) in [5, 5.41) is 3.82. The average molecular weight is 348 g/mol. The van der Waals surface area contributed by atoms with Crippen LogP contribution in [0.5, 0.6) is 0 Å². The molecule has 1 N–H and O–H groups in total. The minimum Gasteiger partial charge on any atom is -0.381 e. The lowest BCUT2D eigenvalue weighted by Crippen LogP contribution is -2.10. The van der Waals surface area contributed by atoms with Crippen LogP contribution in [-0.2, 0) is 6.54 Å². The summed E-state index contributed by atoms with van der Waals surface area (Å²) < 4.78 is 0. The van der Waals surface area contributed by atoms with Crippen molar-refractivity contribution in [3.05, 3.63) is 102 Å². The lowest BCUT2D eigenvalue weighted by atomic mass is 10.0. The van der Waals surface area contributed by atoms with Gasteiger partial charge in [-0.1, -0.05) is 42.5 Å². The summed E-state index contributed by atoms with van der Waals surface area (Å²) in [6.45, 7) is 4.74. The number of nitrogens with zero attached hydrogens (tertiary/aromatic N) is 2. The van der Waals surface area contributed by atoms with Crippen molar-refractivity contribution in [2.75, 3.05) is 0 Å². The van der Waals surface area contributed by atoms with Gasteiger partial charge in [-0.05, 0) is 53.1 Å². The smallest absolute Gasteiger partial charge is 0.129 e. The predicted octanol–water partition coefficient (Wildman–Crippen LogP) is 5.11. The highest BCUT2D eigenvalue weighted by Gasteiger charge is 2.00. The number of aromatic nitrogens is 2. The van der Waals surface area contributed by atoms with Crippen LogP contribution in [0.4, 0.5) is 0 Å². The molecular weight excluding hydrogens is 330 g/mol. The Hall–Kier alpha value is -2.91. The van der Waals surface area contributed by atoms with Gasteiger partial charge in [0.1, 0.15) is 5.15 Å². The Bertz CT molecular complexity index is 871. The summed E-state index contributed by atoms with van der Waals surface area (Å²) >= 11 is 5.85. The number of hydrogen-bond donors (Lipinski definition) is 1. The first-order valence-electron chi connectivity index (χ1n) is 7.92. The molecule has 0 saturated carbocycles. The van der Waals surface area contributed by atoms with Crippen molar-refractivity contribution in [3.8, 4) is 11.1 Å². The third-order valence-corrected chi connectivity index (χ3v) is 3.91. The van der Waals surface area contributed by atoms with E-state index in [0.717, 1.165) is 22.4 Å². The normalized spacial score (nSPS) is 10.8. The lowest BCUT2D eigenvalue weighted by molar-refractivity contribution is 0.838. The summed E-state index contributed by atoms with van der Waals surface area (Å²) in [5.41, 5.74) is 5.28. The minimum absolute atomic E-state index is 0.499. The largest absolute Gasteiger partial charge is 0.381 e. The molecule has 2 aromatic heterocycles. The van der Waals surface area contributed by atoms with Crippen molar-refractivity contribution in [3.63, 3.8) is 0 Å². The molecule has 0 atom stereocenters. The zero-order valence-corrected chi connectivity index (χ0v) is 14.4. The van der Waals surface area contributed by atoms with Crippen LogP contribution in [0.1, 0.15) is 11.1 Å². The highest BCUT2D eigenvalue weighted by atomic mass is 35.5. The highest BCUT2D eigenvalue weighted by molar-refractivity contribution is 6.29. The fourth-order valence-corrected chi connectivity index (χ4v) is 2.47. The molecule has 4 heteroatoms. The quantitative estimate of drug-likeness (QED) is 0.497. The molecule has 1 aromatic carbocycles. The van der Waals surface area contributed by atoms with Crippen molar-refractivity contribution >= 4 is 17.7 Å². The van der Waals surface area contributed by atoms with E-state index < -0.39 is 0 Å². The van der Waals surface area contributed by atoms with Gasteiger partial charge >= 0.3 is 0 Å². The van der Waals surface area contributed by atoms with Crippen LogP contribution < -0.4 is 5.32 Å². The SMILES string of the molecule is C=C(/C=C/c1ccncc1)NCc1cccc(-c2ccc(Cl)nc2)c1.